The predicted molar refractivity (Wildman–Crippen MR) is 70.2 cm³/mol. The minimum atomic E-state index is -3.94. The van der Waals surface area contributed by atoms with Crippen molar-refractivity contribution in [1.82, 2.24) is 0 Å². The number of benzene rings is 2. The maximum Gasteiger partial charge on any atom is 0.262 e. The molecule has 0 spiro atoms. The van der Waals surface area contributed by atoms with Crippen molar-refractivity contribution in [2.75, 3.05) is 11.8 Å². The van der Waals surface area contributed by atoms with Crippen LogP contribution in [0.2, 0.25) is 0 Å². The lowest BCUT2D eigenvalue weighted by atomic mass is 10.3. The van der Waals surface area contributed by atoms with Gasteiger partial charge in [0.1, 0.15) is 5.82 Å². The highest BCUT2D eigenvalue weighted by atomic mass is 32.2. The Balaban J connectivity index is 2.35. The number of halogens is 2. The molecule has 7 heteroatoms. The maximum absolute atomic E-state index is 13.2. The van der Waals surface area contributed by atoms with Crippen LogP contribution in [0.3, 0.4) is 0 Å². The van der Waals surface area contributed by atoms with Crippen LogP contribution in [0.1, 0.15) is 0 Å². The molecule has 2 aromatic rings. The standard InChI is InChI=1S/C13H11F2NO3S/c1-19-13-8-11(5-6-12(13)15)20(17,18)16-10-4-2-3-9(14)7-10/h2-8,16H,1H3. The Morgan fingerprint density at radius 2 is 1.85 bits per heavy atom. The second-order valence-corrected chi connectivity index (χ2v) is 5.59. The van der Waals surface area contributed by atoms with Gasteiger partial charge in [0.05, 0.1) is 17.7 Å². The summed E-state index contributed by atoms with van der Waals surface area (Å²) in [5.74, 6) is -1.42. The lowest BCUT2D eigenvalue weighted by Crippen LogP contribution is -2.13. The van der Waals surface area contributed by atoms with Crippen LogP contribution < -0.4 is 9.46 Å². The van der Waals surface area contributed by atoms with Gasteiger partial charge in [0.25, 0.3) is 10.0 Å². The topological polar surface area (TPSA) is 55.4 Å². The molecule has 4 nitrogen and oxygen atoms in total. The van der Waals surface area contributed by atoms with E-state index in [1.165, 1.54) is 25.3 Å². The summed E-state index contributed by atoms with van der Waals surface area (Å²) in [7, 11) is -2.71. The van der Waals surface area contributed by atoms with Crippen LogP contribution in [0.25, 0.3) is 0 Å². The molecular formula is C13H11F2NO3S. The van der Waals surface area contributed by atoms with E-state index in [1.54, 1.807) is 0 Å². The first-order valence-electron chi connectivity index (χ1n) is 5.54. The molecule has 0 aliphatic rings. The fraction of sp³-hybridized carbons (Fsp3) is 0.0769. The van der Waals surface area contributed by atoms with E-state index in [0.717, 1.165) is 24.3 Å². The van der Waals surface area contributed by atoms with E-state index in [-0.39, 0.29) is 16.3 Å². The van der Waals surface area contributed by atoms with Gasteiger partial charge in [-0.25, -0.2) is 17.2 Å². The summed E-state index contributed by atoms with van der Waals surface area (Å²) < 4.78 is 57.3. The number of hydrogen-bond donors (Lipinski definition) is 1. The summed E-state index contributed by atoms with van der Waals surface area (Å²) in [6.07, 6.45) is 0. The second kappa shape index (κ2) is 5.46. The number of hydrogen-bond acceptors (Lipinski definition) is 3. The van der Waals surface area contributed by atoms with E-state index >= 15 is 0 Å². The molecule has 20 heavy (non-hydrogen) atoms. The molecule has 0 aromatic heterocycles. The predicted octanol–water partition coefficient (Wildman–Crippen LogP) is 2.77. The summed E-state index contributed by atoms with van der Waals surface area (Å²) in [6, 6.07) is 8.15. The number of methoxy groups -OCH3 is 1. The Morgan fingerprint density at radius 1 is 1.10 bits per heavy atom. The van der Waals surface area contributed by atoms with Gasteiger partial charge in [0.2, 0.25) is 0 Å². The van der Waals surface area contributed by atoms with Crippen LogP contribution in [0.4, 0.5) is 14.5 Å². The Morgan fingerprint density at radius 3 is 2.50 bits per heavy atom. The van der Waals surface area contributed by atoms with E-state index in [1.807, 2.05) is 0 Å². The van der Waals surface area contributed by atoms with E-state index in [0.29, 0.717) is 0 Å². The molecule has 0 heterocycles. The molecule has 1 N–H and O–H groups in total. The van der Waals surface area contributed by atoms with Gasteiger partial charge in [-0.05, 0) is 30.3 Å². The summed E-state index contributed by atoms with van der Waals surface area (Å²) in [6.45, 7) is 0. The highest BCUT2D eigenvalue weighted by Gasteiger charge is 2.17. The van der Waals surface area contributed by atoms with E-state index < -0.39 is 21.7 Å². The van der Waals surface area contributed by atoms with Crippen molar-refractivity contribution in [2.45, 2.75) is 4.90 Å². The fourth-order valence-corrected chi connectivity index (χ4v) is 2.64. The Kier molecular flexibility index (Phi) is 3.89. The van der Waals surface area contributed by atoms with Gasteiger partial charge in [-0.1, -0.05) is 6.07 Å². The van der Waals surface area contributed by atoms with E-state index in [4.69, 9.17) is 4.74 Å². The van der Waals surface area contributed by atoms with Gasteiger partial charge >= 0.3 is 0 Å². The molecule has 0 radical (unpaired) electrons. The molecule has 0 unspecified atom stereocenters. The molecule has 0 aliphatic heterocycles. The highest BCUT2D eigenvalue weighted by Crippen LogP contribution is 2.23. The van der Waals surface area contributed by atoms with E-state index in [9.17, 15) is 17.2 Å². The van der Waals surface area contributed by atoms with E-state index in [2.05, 4.69) is 4.72 Å². The molecule has 106 valence electrons. The normalized spacial score (nSPS) is 11.2. The zero-order valence-electron chi connectivity index (χ0n) is 10.4. The number of nitrogens with one attached hydrogen (secondary N) is 1. The molecule has 0 saturated carbocycles. The number of anilines is 1. The van der Waals surface area contributed by atoms with Crippen molar-refractivity contribution in [3.8, 4) is 5.75 Å². The largest absolute Gasteiger partial charge is 0.494 e. The van der Waals surface area contributed by atoms with Crippen molar-refractivity contribution < 1.29 is 21.9 Å². The summed E-state index contributed by atoms with van der Waals surface area (Å²) in [5.41, 5.74) is 0.0771. The third-order valence-corrected chi connectivity index (χ3v) is 3.89. The maximum atomic E-state index is 13.2. The zero-order chi connectivity index (χ0) is 14.8. The first-order chi connectivity index (χ1) is 9.42. The van der Waals surface area contributed by atoms with Crippen LogP contribution in [0, 0.1) is 11.6 Å². The van der Waals surface area contributed by atoms with Crippen LogP contribution in [-0.2, 0) is 10.0 Å². The van der Waals surface area contributed by atoms with Crippen LogP contribution >= 0.6 is 0 Å². The lowest BCUT2D eigenvalue weighted by molar-refractivity contribution is 0.385. The quantitative estimate of drug-likeness (QED) is 0.944. The molecule has 0 aliphatic carbocycles. The molecule has 2 aromatic carbocycles. The average Bonchev–Trinajstić information content (AvgIpc) is 2.38. The number of ether oxygens (including phenoxy) is 1. The smallest absolute Gasteiger partial charge is 0.262 e. The summed E-state index contributed by atoms with van der Waals surface area (Å²) in [5, 5.41) is 0. The fourth-order valence-electron chi connectivity index (χ4n) is 1.57. The molecule has 0 saturated heterocycles. The van der Waals surface area contributed by atoms with Crippen LogP contribution in [0.15, 0.2) is 47.4 Å². The molecule has 2 rings (SSSR count). The molecule has 0 amide bonds. The van der Waals surface area contributed by atoms with Gasteiger partial charge in [-0.2, -0.15) is 0 Å². The minimum Gasteiger partial charge on any atom is -0.494 e. The third kappa shape index (κ3) is 3.05. The average molecular weight is 299 g/mol. The van der Waals surface area contributed by atoms with Gasteiger partial charge < -0.3 is 4.74 Å². The van der Waals surface area contributed by atoms with Gasteiger partial charge in [0.15, 0.2) is 11.6 Å². The van der Waals surface area contributed by atoms with Crippen molar-refractivity contribution >= 4 is 15.7 Å². The van der Waals surface area contributed by atoms with Crippen molar-refractivity contribution in [2.24, 2.45) is 0 Å². The van der Waals surface area contributed by atoms with Crippen LogP contribution in [-0.4, -0.2) is 15.5 Å². The van der Waals surface area contributed by atoms with Gasteiger partial charge in [-0.15, -0.1) is 0 Å². The summed E-state index contributed by atoms with van der Waals surface area (Å²) >= 11 is 0. The molecular weight excluding hydrogens is 288 g/mol. The number of rotatable bonds is 4. The first kappa shape index (κ1) is 14.3. The second-order valence-electron chi connectivity index (χ2n) is 3.91. The Labute approximate surface area is 115 Å². The lowest BCUT2D eigenvalue weighted by Gasteiger charge is -2.09. The minimum absolute atomic E-state index is 0.0771. The highest BCUT2D eigenvalue weighted by molar-refractivity contribution is 7.92. The SMILES string of the molecule is COc1cc(S(=O)(=O)Nc2cccc(F)c2)ccc1F. The Bertz CT molecular complexity index is 732. The molecule has 0 bridgehead atoms. The van der Waals surface area contributed by atoms with Gasteiger partial charge in [0, 0.05) is 6.07 Å². The number of sulfonamides is 1. The summed E-state index contributed by atoms with van der Waals surface area (Å²) in [4.78, 5) is -0.181. The monoisotopic (exact) mass is 299 g/mol. The Hall–Kier alpha value is -2.15. The van der Waals surface area contributed by atoms with Crippen molar-refractivity contribution in [1.29, 1.82) is 0 Å². The zero-order valence-corrected chi connectivity index (χ0v) is 11.2. The van der Waals surface area contributed by atoms with Gasteiger partial charge in [-0.3, -0.25) is 4.72 Å². The molecule has 0 atom stereocenters. The third-order valence-electron chi connectivity index (χ3n) is 2.51. The van der Waals surface area contributed by atoms with Crippen LogP contribution in [0.5, 0.6) is 5.75 Å². The van der Waals surface area contributed by atoms with Crippen molar-refractivity contribution in [3.63, 3.8) is 0 Å². The molecule has 0 fully saturated rings. The van der Waals surface area contributed by atoms with Crippen molar-refractivity contribution in [3.05, 3.63) is 54.1 Å². The first-order valence-corrected chi connectivity index (χ1v) is 7.02.